The number of nitrogens with one attached hydrogen (secondary N) is 1. The first-order valence-electron chi connectivity index (χ1n) is 8.18. The fraction of sp³-hybridized carbons (Fsp3) is 0.316. The number of hydrogen-bond donors (Lipinski definition) is 2. The molecule has 24 heavy (non-hydrogen) atoms. The minimum absolute atomic E-state index is 0.107. The molecule has 0 bridgehead atoms. The van der Waals surface area contributed by atoms with Gasteiger partial charge in [0.25, 0.3) is 0 Å². The van der Waals surface area contributed by atoms with E-state index in [1.54, 1.807) is 29.2 Å². The van der Waals surface area contributed by atoms with E-state index in [2.05, 4.69) is 5.32 Å². The fourth-order valence-electron chi connectivity index (χ4n) is 3.08. The predicted octanol–water partition coefficient (Wildman–Crippen LogP) is 4.32. The van der Waals surface area contributed by atoms with Crippen molar-refractivity contribution < 1.29 is 9.90 Å². The maximum atomic E-state index is 12.3. The van der Waals surface area contributed by atoms with Crippen molar-refractivity contribution in [1.29, 1.82) is 0 Å². The summed E-state index contributed by atoms with van der Waals surface area (Å²) in [6, 6.07) is 16.7. The summed E-state index contributed by atoms with van der Waals surface area (Å²) in [6.45, 7) is 1.29. The van der Waals surface area contributed by atoms with Crippen LogP contribution in [-0.2, 0) is 0 Å². The number of urea groups is 1. The van der Waals surface area contributed by atoms with Crippen LogP contribution in [0.25, 0.3) is 0 Å². The van der Waals surface area contributed by atoms with Crippen LogP contribution in [0, 0.1) is 5.92 Å². The molecule has 2 amide bonds. The van der Waals surface area contributed by atoms with Crippen molar-refractivity contribution in [2.24, 2.45) is 5.92 Å². The van der Waals surface area contributed by atoms with Crippen molar-refractivity contribution in [3.63, 3.8) is 0 Å². The monoisotopic (exact) mass is 344 g/mol. The Morgan fingerprint density at radius 3 is 2.33 bits per heavy atom. The molecule has 1 fully saturated rings. The molecule has 0 aromatic heterocycles. The smallest absolute Gasteiger partial charge is 0.321 e. The molecule has 2 aromatic carbocycles. The molecule has 2 aromatic rings. The minimum atomic E-state index is -0.465. The number of amides is 2. The molecule has 1 aliphatic rings. The maximum absolute atomic E-state index is 12.3. The van der Waals surface area contributed by atoms with Gasteiger partial charge in [0.1, 0.15) is 0 Å². The summed E-state index contributed by atoms with van der Waals surface area (Å²) < 4.78 is 0. The van der Waals surface area contributed by atoms with Gasteiger partial charge in [0, 0.05) is 23.8 Å². The third kappa shape index (κ3) is 4.08. The molecule has 1 saturated heterocycles. The van der Waals surface area contributed by atoms with Crippen LogP contribution in [-0.4, -0.2) is 29.1 Å². The van der Waals surface area contributed by atoms with Gasteiger partial charge in [-0.1, -0.05) is 41.9 Å². The average Bonchev–Trinajstić information content (AvgIpc) is 2.64. The van der Waals surface area contributed by atoms with E-state index in [0.717, 1.165) is 24.1 Å². The van der Waals surface area contributed by atoms with Crippen LogP contribution in [0.1, 0.15) is 24.5 Å². The van der Waals surface area contributed by atoms with Crippen molar-refractivity contribution in [3.8, 4) is 0 Å². The first kappa shape index (κ1) is 16.8. The zero-order chi connectivity index (χ0) is 16.9. The number of nitrogens with zero attached hydrogens (tertiary/aromatic N) is 1. The van der Waals surface area contributed by atoms with Crippen LogP contribution in [0.15, 0.2) is 54.6 Å². The van der Waals surface area contributed by atoms with E-state index >= 15 is 0 Å². The van der Waals surface area contributed by atoms with Crippen molar-refractivity contribution in [3.05, 3.63) is 65.2 Å². The minimum Gasteiger partial charge on any atom is -0.388 e. The molecule has 2 N–H and O–H groups in total. The number of anilines is 1. The number of halogens is 1. The summed E-state index contributed by atoms with van der Waals surface area (Å²) in [5.74, 6) is 0.187. The Kier molecular flexibility index (Phi) is 5.38. The maximum Gasteiger partial charge on any atom is 0.321 e. The van der Waals surface area contributed by atoms with E-state index < -0.39 is 6.10 Å². The summed E-state index contributed by atoms with van der Waals surface area (Å²) in [4.78, 5) is 14.1. The molecule has 5 heteroatoms. The SMILES string of the molecule is O=C(Nc1ccc(Cl)cc1)N1CCC(C(O)c2ccccc2)CC1. The van der Waals surface area contributed by atoms with Crippen LogP contribution in [0.5, 0.6) is 0 Å². The van der Waals surface area contributed by atoms with Gasteiger partial charge >= 0.3 is 6.03 Å². The molecule has 3 rings (SSSR count). The van der Waals surface area contributed by atoms with E-state index in [1.807, 2.05) is 30.3 Å². The van der Waals surface area contributed by atoms with E-state index in [1.165, 1.54) is 0 Å². The molecule has 0 saturated carbocycles. The molecule has 0 spiro atoms. The van der Waals surface area contributed by atoms with Gasteiger partial charge in [0.15, 0.2) is 0 Å². The third-order valence-electron chi connectivity index (χ3n) is 4.51. The molecular weight excluding hydrogens is 324 g/mol. The zero-order valence-electron chi connectivity index (χ0n) is 13.4. The molecule has 126 valence electrons. The highest BCUT2D eigenvalue weighted by Crippen LogP contribution is 2.30. The Bertz CT molecular complexity index is 668. The van der Waals surface area contributed by atoms with Gasteiger partial charge in [-0.2, -0.15) is 0 Å². The van der Waals surface area contributed by atoms with Gasteiger partial charge in [-0.15, -0.1) is 0 Å². The Morgan fingerprint density at radius 2 is 1.71 bits per heavy atom. The van der Waals surface area contributed by atoms with E-state index in [9.17, 15) is 9.90 Å². The molecule has 4 nitrogen and oxygen atoms in total. The molecule has 1 atom stereocenters. The Labute approximate surface area is 147 Å². The van der Waals surface area contributed by atoms with Gasteiger partial charge in [0.05, 0.1) is 6.10 Å². The summed E-state index contributed by atoms with van der Waals surface area (Å²) >= 11 is 5.85. The Morgan fingerprint density at radius 1 is 1.08 bits per heavy atom. The predicted molar refractivity (Wildman–Crippen MR) is 96.2 cm³/mol. The highest BCUT2D eigenvalue weighted by Gasteiger charge is 2.28. The number of aliphatic hydroxyl groups is 1. The Balaban J connectivity index is 1.53. The number of rotatable bonds is 3. The molecule has 1 heterocycles. The number of aliphatic hydroxyl groups excluding tert-OH is 1. The lowest BCUT2D eigenvalue weighted by molar-refractivity contribution is 0.0683. The van der Waals surface area contributed by atoms with Crippen molar-refractivity contribution in [1.82, 2.24) is 4.90 Å². The number of piperidine rings is 1. The molecule has 1 aliphatic heterocycles. The lowest BCUT2D eigenvalue weighted by Crippen LogP contribution is -2.42. The molecule has 0 radical (unpaired) electrons. The molecule has 1 unspecified atom stereocenters. The lowest BCUT2D eigenvalue weighted by atomic mass is 9.87. The van der Waals surface area contributed by atoms with Gasteiger partial charge in [-0.25, -0.2) is 4.79 Å². The second-order valence-corrected chi connectivity index (χ2v) is 6.55. The van der Waals surface area contributed by atoms with Crippen molar-refractivity contribution in [2.75, 3.05) is 18.4 Å². The van der Waals surface area contributed by atoms with Crippen LogP contribution in [0.3, 0.4) is 0 Å². The van der Waals surface area contributed by atoms with E-state index in [0.29, 0.717) is 18.1 Å². The van der Waals surface area contributed by atoms with E-state index in [4.69, 9.17) is 11.6 Å². The first-order chi connectivity index (χ1) is 11.6. The topological polar surface area (TPSA) is 52.6 Å². The van der Waals surface area contributed by atoms with Crippen LogP contribution in [0.2, 0.25) is 5.02 Å². The molecule has 0 aliphatic carbocycles. The average molecular weight is 345 g/mol. The zero-order valence-corrected chi connectivity index (χ0v) is 14.1. The summed E-state index contributed by atoms with van der Waals surface area (Å²) in [5.41, 5.74) is 1.68. The van der Waals surface area contributed by atoms with Gasteiger partial charge in [0.2, 0.25) is 0 Å². The summed E-state index contributed by atoms with van der Waals surface area (Å²) in [7, 11) is 0. The van der Waals surface area contributed by atoms with Gasteiger partial charge in [-0.05, 0) is 48.6 Å². The van der Waals surface area contributed by atoms with Crippen LogP contribution in [0.4, 0.5) is 10.5 Å². The highest BCUT2D eigenvalue weighted by atomic mass is 35.5. The van der Waals surface area contributed by atoms with Gasteiger partial charge in [-0.3, -0.25) is 0 Å². The Hall–Kier alpha value is -2.04. The second-order valence-electron chi connectivity index (χ2n) is 6.12. The number of benzene rings is 2. The molecular formula is C19H21ClN2O2. The first-order valence-corrected chi connectivity index (χ1v) is 8.56. The fourth-order valence-corrected chi connectivity index (χ4v) is 3.20. The number of carbonyl (C=O) groups excluding carboxylic acids is 1. The standard InChI is InChI=1S/C19H21ClN2O2/c20-16-6-8-17(9-7-16)21-19(24)22-12-10-15(11-13-22)18(23)14-4-2-1-3-5-14/h1-9,15,18,23H,10-13H2,(H,21,24). The number of hydrogen-bond acceptors (Lipinski definition) is 2. The number of carbonyl (C=O) groups is 1. The van der Waals surface area contributed by atoms with Crippen LogP contribution >= 0.6 is 11.6 Å². The third-order valence-corrected chi connectivity index (χ3v) is 4.76. The van der Waals surface area contributed by atoms with Crippen LogP contribution < -0.4 is 5.32 Å². The normalized spacial score (nSPS) is 16.7. The van der Waals surface area contributed by atoms with E-state index in [-0.39, 0.29) is 11.9 Å². The van der Waals surface area contributed by atoms with Gasteiger partial charge < -0.3 is 15.3 Å². The largest absolute Gasteiger partial charge is 0.388 e. The number of likely N-dealkylation sites (tertiary alicyclic amines) is 1. The van der Waals surface area contributed by atoms with Crippen molar-refractivity contribution >= 4 is 23.3 Å². The quantitative estimate of drug-likeness (QED) is 0.871. The lowest BCUT2D eigenvalue weighted by Gasteiger charge is -2.34. The summed E-state index contributed by atoms with van der Waals surface area (Å²) in [5, 5.41) is 14.0. The second kappa shape index (κ2) is 7.69. The summed E-state index contributed by atoms with van der Waals surface area (Å²) in [6.07, 6.45) is 1.13. The van der Waals surface area contributed by atoms with Crippen molar-refractivity contribution in [2.45, 2.75) is 18.9 Å². The highest BCUT2D eigenvalue weighted by molar-refractivity contribution is 6.30.